The molecule has 0 saturated carbocycles. The molecule has 2 nitrogen and oxygen atoms in total. The molecular weight excluding hydrogens is 176 g/mol. The van der Waals surface area contributed by atoms with Crippen LogP contribution in [-0.4, -0.2) is 12.1 Å². The lowest BCUT2D eigenvalue weighted by Gasteiger charge is -2.11. The molecule has 1 aromatic carbocycles. The van der Waals surface area contributed by atoms with Gasteiger partial charge in [0.15, 0.2) is 0 Å². The summed E-state index contributed by atoms with van der Waals surface area (Å²) in [6.07, 6.45) is 2.20. The first-order valence-corrected chi connectivity index (χ1v) is 4.66. The topological polar surface area (TPSA) is 26.3 Å². The second-order valence-electron chi connectivity index (χ2n) is 2.95. The van der Waals surface area contributed by atoms with Gasteiger partial charge in [-0.25, -0.2) is 4.79 Å². The van der Waals surface area contributed by atoms with Crippen molar-refractivity contribution in [1.29, 1.82) is 0 Å². The number of carbonyl (C=O) groups is 1. The molecule has 0 unspecified atom stereocenters. The molecule has 74 valence electrons. The third-order valence-electron chi connectivity index (χ3n) is 1.93. The highest BCUT2D eigenvalue weighted by atomic mass is 16.5. The average molecular weight is 190 g/mol. The monoisotopic (exact) mass is 190 g/mol. The molecule has 14 heavy (non-hydrogen) atoms. The third-order valence-corrected chi connectivity index (χ3v) is 1.93. The number of rotatable bonds is 4. The van der Waals surface area contributed by atoms with E-state index in [2.05, 4.69) is 6.58 Å². The van der Waals surface area contributed by atoms with Gasteiger partial charge in [-0.2, -0.15) is 0 Å². The van der Waals surface area contributed by atoms with Crippen LogP contribution in [0.2, 0.25) is 0 Å². The lowest BCUT2D eigenvalue weighted by atomic mass is 10.2. The Morgan fingerprint density at radius 1 is 1.50 bits per heavy atom. The van der Waals surface area contributed by atoms with Crippen molar-refractivity contribution in [2.75, 3.05) is 0 Å². The fraction of sp³-hybridized carbons (Fsp3) is 0.250. The zero-order valence-electron chi connectivity index (χ0n) is 8.27. The summed E-state index contributed by atoms with van der Waals surface area (Å²) >= 11 is 0. The van der Waals surface area contributed by atoms with E-state index in [-0.39, 0.29) is 12.1 Å². The number of ether oxygens (including phenoxy) is 1. The Bertz CT molecular complexity index is 303. The zero-order valence-corrected chi connectivity index (χ0v) is 8.27. The van der Waals surface area contributed by atoms with Gasteiger partial charge < -0.3 is 4.74 Å². The minimum Gasteiger partial charge on any atom is -0.455 e. The van der Waals surface area contributed by atoms with Gasteiger partial charge in [0.2, 0.25) is 0 Å². The van der Waals surface area contributed by atoms with Gasteiger partial charge in [0, 0.05) is 0 Å². The normalized spacial score (nSPS) is 11.8. The van der Waals surface area contributed by atoms with Gasteiger partial charge in [-0.3, -0.25) is 0 Å². The molecule has 0 spiro atoms. The van der Waals surface area contributed by atoms with E-state index in [9.17, 15) is 4.79 Å². The molecular formula is C12H14O2. The van der Waals surface area contributed by atoms with Gasteiger partial charge >= 0.3 is 5.97 Å². The third kappa shape index (κ3) is 2.73. The maximum atomic E-state index is 11.5. The number of benzene rings is 1. The van der Waals surface area contributed by atoms with E-state index in [4.69, 9.17) is 4.74 Å². The van der Waals surface area contributed by atoms with Gasteiger partial charge in [0.1, 0.15) is 6.10 Å². The Kier molecular flexibility index (Phi) is 3.92. The van der Waals surface area contributed by atoms with Crippen LogP contribution in [0.25, 0.3) is 0 Å². The summed E-state index contributed by atoms with van der Waals surface area (Å²) in [7, 11) is 0. The molecule has 0 aliphatic carbocycles. The SMILES string of the molecule is C=C[C@H](CC)OC(=O)c1ccccc1. The maximum absolute atomic E-state index is 11.5. The number of hydrogen-bond acceptors (Lipinski definition) is 2. The first-order chi connectivity index (χ1) is 6.77. The van der Waals surface area contributed by atoms with Crippen LogP contribution in [0.4, 0.5) is 0 Å². The Morgan fingerprint density at radius 2 is 2.14 bits per heavy atom. The standard InChI is InChI=1S/C12H14O2/c1-3-11(4-2)14-12(13)10-8-6-5-7-9-10/h3,5-9,11H,1,4H2,2H3/t11-/m1/s1. The fourth-order valence-electron chi connectivity index (χ4n) is 1.08. The van der Waals surface area contributed by atoms with Crippen LogP contribution in [0.1, 0.15) is 23.7 Å². The van der Waals surface area contributed by atoms with E-state index in [1.165, 1.54) is 0 Å². The smallest absolute Gasteiger partial charge is 0.338 e. The van der Waals surface area contributed by atoms with Crippen molar-refractivity contribution in [1.82, 2.24) is 0 Å². The molecule has 0 aromatic heterocycles. The van der Waals surface area contributed by atoms with Gasteiger partial charge in [0.25, 0.3) is 0 Å². The quantitative estimate of drug-likeness (QED) is 0.539. The van der Waals surface area contributed by atoms with Crippen molar-refractivity contribution in [2.45, 2.75) is 19.4 Å². The predicted octanol–water partition coefficient (Wildman–Crippen LogP) is 2.81. The van der Waals surface area contributed by atoms with Gasteiger partial charge in [0.05, 0.1) is 5.56 Å². The molecule has 0 aliphatic rings. The van der Waals surface area contributed by atoms with Crippen LogP contribution < -0.4 is 0 Å². The largest absolute Gasteiger partial charge is 0.455 e. The Balaban J connectivity index is 2.63. The van der Waals surface area contributed by atoms with Crippen LogP contribution >= 0.6 is 0 Å². The highest BCUT2D eigenvalue weighted by Crippen LogP contribution is 2.06. The second-order valence-corrected chi connectivity index (χ2v) is 2.95. The summed E-state index contributed by atoms with van der Waals surface area (Å²) in [5, 5.41) is 0. The molecule has 0 heterocycles. The fourth-order valence-corrected chi connectivity index (χ4v) is 1.08. The lowest BCUT2D eigenvalue weighted by molar-refractivity contribution is 0.0389. The minimum atomic E-state index is -0.294. The van der Waals surface area contributed by atoms with E-state index in [1.54, 1.807) is 18.2 Å². The Hall–Kier alpha value is -1.57. The van der Waals surface area contributed by atoms with E-state index in [0.717, 1.165) is 6.42 Å². The molecule has 0 bridgehead atoms. The first-order valence-electron chi connectivity index (χ1n) is 4.66. The number of hydrogen-bond donors (Lipinski definition) is 0. The molecule has 0 amide bonds. The van der Waals surface area contributed by atoms with Crippen molar-refractivity contribution in [3.63, 3.8) is 0 Å². The van der Waals surface area contributed by atoms with Gasteiger partial charge in [-0.1, -0.05) is 37.8 Å². The van der Waals surface area contributed by atoms with Crippen molar-refractivity contribution in [3.05, 3.63) is 48.6 Å². The molecule has 0 N–H and O–H groups in total. The number of carbonyl (C=O) groups excluding carboxylic acids is 1. The molecule has 0 fully saturated rings. The van der Waals surface area contributed by atoms with Crippen LogP contribution in [0.15, 0.2) is 43.0 Å². The average Bonchev–Trinajstić information content (AvgIpc) is 2.26. The van der Waals surface area contributed by atoms with E-state index < -0.39 is 0 Å². The van der Waals surface area contributed by atoms with Crippen molar-refractivity contribution in [2.24, 2.45) is 0 Å². The van der Waals surface area contributed by atoms with Crippen LogP contribution in [0.5, 0.6) is 0 Å². The lowest BCUT2D eigenvalue weighted by Crippen LogP contribution is -2.14. The van der Waals surface area contributed by atoms with Crippen LogP contribution in [-0.2, 0) is 4.74 Å². The van der Waals surface area contributed by atoms with Crippen molar-refractivity contribution < 1.29 is 9.53 Å². The molecule has 1 atom stereocenters. The summed E-state index contributed by atoms with van der Waals surface area (Å²) < 4.78 is 5.18. The molecule has 0 radical (unpaired) electrons. The van der Waals surface area contributed by atoms with E-state index >= 15 is 0 Å². The number of esters is 1. The van der Waals surface area contributed by atoms with Crippen LogP contribution in [0, 0.1) is 0 Å². The molecule has 1 rings (SSSR count). The molecule has 0 aliphatic heterocycles. The molecule has 2 heteroatoms. The van der Waals surface area contributed by atoms with Crippen LogP contribution in [0.3, 0.4) is 0 Å². The predicted molar refractivity (Wildman–Crippen MR) is 56.1 cm³/mol. The minimum absolute atomic E-state index is 0.192. The van der Waals surface area contributed by atoms with Crippen molar-refractivity contribution >= 4 is 5.97 Å². The van der Waals surface area contributed by atoms with E-state index in [1.807, 2.05) is 25.1 Å². The first kappa shape index (κ1) is 10.5. The highest BCUT2D eigenvalue weighted by Gasteiger charge is 2.10. The highest BCUT2D eigenvalue weighted by molar-refractivity contribution is 5.89. The second kappa shape index (κ2) is 5.22. The zero-order chi connectivity index (χ0) is 10.4. The summed E-state index contributed by atoms with van der Waals surface area (Å²) in [5.41, 5.74) is 0.577. The summed E-state index contributed by atoms with van der Waals surface area (Å²) in [6, 6.07) is 8.95. The maximum Gasteiger partial charge on any atom is 0.338 e. The van der Waals surface area contributed by atoms with Crippen molar-refractivity contribution in [3.8, 4) is 0 Å². The molecule has 1 aromatic rings. The van der Waals surface area contributed by atoms with Gasteiger partial charge in [-0.05, 0) is 18.6 Å². The molecule has 0 saturated heterocycles. The Labute approximate surface area is 84.2 Å². The summed E-state index contributed by atoms with van der Waals surface area (Å²) in [5.74, 6) is -0.294. The van der Waals surface area contributed by atoms with E-state index in [0.29, 0.717) is 5.56 Å². The Morgan fingerprint density at radius 3 is 2.64 bits per heavy atom. The summed E-state index contributed by atoms with van der Waals surface area (Å²) in [6.45, 7) is 5.55. The summed E-state index contributed by atoms with van der Waals surface area (Å²) in [4.78, 5) is 11.5. The van der Waals surface area contributed by atoms with Gasteiger partial charge in [-0.15, -0.1) is 0 Å².